The van der Waals surface area contributed by atoms with Gasteiger partial charge in [-0.3, -0.25) is 9.59 Å². The summed E-state index contributed by atoms with van der Waals surface area (Å²) in [5, 5.41) is 22.9. The molecule has 0 spiro atoms. The maximum atomic E-state index is 13.3. The molecule has 0 bridgehead atoms. The molecule has 3 aromatic rings. The second-order valence-electron chi connectivity index (χ2n) is 8.51. The number of aryl methyl sites for hydroxylation is 1. The molecular formula is C25H27ClN2O6. The van der Waals surface area contributed by atoms with Crippen LogP contribution >= 0.6 is 11.6 Å². The molecule has 1 amide bonds. The number of carbonyl (C=O) groups is 2. The van der Waals surface area contributed by atoms with Crippen molar-refractivity contribution in [2.75, 3.05) is 26.9 Å². The van der Waals surface area contributed by atoms with Crippen molar-refractivity contribution in [2.24, 2.45) is 7.05 Å². The Morgan fingerprint density at radius 2 is 1.94 bits per heavy atom. The topological polar surface area (TPSA) is 110 Å². The third-order valence-corrected chi connectivity index (χ3v) is 6.83. The van der Waals surface area contributed by atoms with E-state index < -0.39 is 17.4 Å². The molecular weight excluding hydrogens is 460 g/mol. The van der Waals surface area contributed by atoms with E-state index in [2.05, 4.69) is 5.32 Å². The first kappa shape index (κ1) is 24.1. The number of halogens is 1. The molecule has 2 heterocycles. The van der Waals surface area contributed by atoms with Gasteiger partial charge in [0.2, 0.25) is 0 Å². The second-order valence-corrected chi connectivity index (χ2v) is 8.89. The average Bonchev–Trinajstić information content (AvgIpc) is 3.14. The van der Waals surface area contributed by atoms with E-state index in [1.807, 2.05) is 18.2 Å². The quantitative estimate of drug-likeness (QED) is 0.427. The van der Waals surface area contributed by atoms with E-state index in [9.17, 15) is 14.7 Å². The number of carbonyl (C=O) groups excluding carboxylic acids is 1. The largest absolute Gasteiger partial charge is 0.495 e. The van der Waals surface area contributed by atoms with Crippen LogP contribution in [0.5, 0.6) is 5.75 Å². The Balaban J connectivity index is 1.59. The van der Waals surface area contributed by atoms with Crippen molar-refractivity contribution in [3.05, 3.63) is 64.3 Å². The average molecular weight is 487 g/mol. The van der Waals surface area contributed by atoms with Gasteiger partial charge in [-0.15, -0.1) is 0 Å². The molecule has 1 aliphatic rings. The minimum absolute atomic E-state index is 0.0551. The van der Waals surface area contributed by atoms with Gasteiger partial charge < -0.3 is 29.6 Å². The number of amides is 1. The zero-order valence-corrected chi connectivity index (χ0v) is 19.8. The minimum Gasteiger partial charge on any atom is -0.495 e. The molecule has 4 rings (SSSR count). The molecule has 1 unspecified atom stereocenters. The molecule has 8 nitrogen and oxygen atoms in total. The number of aromatic nitrogens is 1. The molecule has 1 saturated heterocycles. The zero-order valence-electron chi connectivity index (χ0n) is 19.0. The van der Waals surface area contributed by atoms with Crippen LogP contribution in [0.25, 0.3) is 10.9 Å². The van der Waals surface area contributed by atoms with Gasteiger partial charge in [0.15, 0.2) is 0 Å². The number of carboxylic acid groups (broad SMARTS) is 1. The number of aliphatic hydroxyl groups is 1. The fourth-order valence-electron chi connectivity index (χ4n) is 4.39. The standard InChI is InChI=1S/C25H27ClN2O6/c1-28-19-9-10-21(33-2)22(26)18(19)12-20(28)23(30)27-25(13-34-14-25)16-7-5-15(6-8-16)17(24(31)32)4-3-11-29/h5-10,12,17,29H,3-4,11,13-14H2,1-2H3,(H,27,30)(H,31,32). The first-order valence-electron chi connectivity index (χ1n) is 11.0. The normalized spacial score (nSPS) is 15.5. The Labute approximate surface area is 202 Å². The summed E-state index contributed by atoms with van der Waals surface area (Å²) in [6.07, 6.45) is 0.762. The molecule has 2 aromatic carbocycles. The summed E-state index contributed by atoms with van der Waals surface area (Å²) in [6, 6.07) is 12.5. The van der Waals surface area contributed by atoms with E-state index in [0.717, 1.165) is 16.5 Å². The molecule has 0 saturated carbocycles. The molecule has 3 N–H and O–H groups in total. The molecule has 0 radical (unpaired) electrons. The highest BCUT2D eigenvalue weighted by atomic mass is 35.5. The predicted molar refractivity (Wildman–Crippen MR) is 128 cm³/mol. The van der Waals surface area contributed by atoms with Gasteiger partial charge in [0.1, 0.15) is 17.0 Å². The monoisotopic (exact) mass is 486 g/mol. The van der Waals surface area contributed by atoms with Gasteiger partial charge in [-0.25, -0.2) is 0 Å². The molecule has 9 heteroatoms. The molecule has 180 valence electrons. The maximum absolute atomic E-state index is 13.3. The molecule has 1 aromatic heterocycles. The number of hydrogen-bond acceptors (Lipinski definition) is 5. The van der Waals surface area contributed by atoms with Gasteiger partial charge in [-0.2, -0.15) is 0 Å². The summed E-state index contributed by atoms with van der Waals surface area (Å²) in [6.45, 7) is 0.563. The van der Waals surface area contributed by atoms with Crippen molar-refractivity contribution in [1.82, 2.24) is 9.88 Å². The number of nitrogens with zero attached hydrogens (tertiary/aromatic N) is 1. The van der Waals surface area contributed by atoms with E-state index in [1.165, 1.54) is 0 Å². The van der Waals surface area contributed by atoms with Gasteiger partial charge >= 0.3 is 5.97 Å². The molecule has 1 fully saturated rings. The lowest BCUT2D eigenvalue weighted by molar-refractivity contribution is -0.139. The fourth-order valence-corrected chi connectivity index (χ4v) is 4.68. The van der Waals surface area contributed by atoms with Crippen LogP contribution in [0.15, 0.2) is 42.5 Å². The zero-order chi connectivity index (χ0) is 24.5. The van der Waals surface area contributed by atoms with Crippen LogP contribution in [0.2, 0.25) is 5.02 Å². The maximum Gasteiger partial charge on any atom is 0.310 e. The van der Waals surface area contributed by atoms with Crippen LogP contribution in [0.1, 0.15) is 40.4 Å². The minimum atomic E-state index is -0.928. The van der Waals surface area contributed by atoms with Crippen molar-refractivity contribution in [2.45, 2.75) is 24.3 Å². The van der Waals surface area contributed by atoms with Crippen LogP contribution < -0.4 is 10.1 Å². The van der Waals surface area contributed by atoms with E-state index in [1.54, 1.807) is 43.0 Å². The van der Waals surface area contributed by atoms with Crippen LogP contribution in [0.3, 0.4) is 0 Å². The number of fused-ring (bicyclic) bond motifs is 1. The number of benzene rings is 2. The Morgan fingerprint density at radius 3 is 2.50 bits per heavy atom. The van der Waals surface area contributed by atoms with Gasteiger partial charge in [-0.05, 0) is 42.2 Å². The van der Waals surface area contributed by atoms with E-state index in [0.29, 0.717) is 48.1 Å². The van der Waals surface area contributed by atoms with Crippen LogP contribution in [-0.2, 0) is 22.1 Å². The van der Waals surface area contributed by atoms with Crippen molar-refractivity contribution in [3.8, 4) is 5.75 Å². The molecule has 1 aliphatic heterocycles. The van der Waals surface area contributed by atoms with Crippen molar-refractivity contribution in [1.29, 1.82) is 0 Å². The van der Waals surface area contributed by atoms with Gasteiger partial charge in [-0.1, -0.05) is 35.9 Å². The fraction of sp³-hybridized carbons (Fsp3) is 0.360. The smallest absolute Gasteiger partial charge is 0.310 e. The van der Waals surface area contributed by atoms with Crippen LogP contribution in [-0.4, -0.2) is 53.6 Å². The summed E-state index contributed by atoms with van der Waals surface area (Å²) in [7, 11) is 3.34. The number of ether oxygens (including phenoxy) is 2. The van der Waals surface area contributed by atoms with Crippen molar-refractivity contribution < 1.29 is 29.3 Å². The number of aliphatic carboxylic acids is 1. The first-order chi connectivity index (χ1) is 16.3. The third-order valence-electron chi connectivity index (χ3n) is 6.44. The Bertz CT molecular complexity index is 1220. The van der Waals surface area contributed by atoms with Gasteiger partial charge in [0, 0.05) is 19.0 Å². The molecule has 1 atom stereocenters. The summed E-state index contributed by atoms with van der Waals surface area (Å²) in [5.74, 6) is -1.36. The predicted octanol–water partition coefficient (Wildman–Crippen LogP) is 3.44. The highest BCUT2D eigenvalue weighted by Crippen LogP contribution is 2.35. The highest BCUT2D eigenvalue weighted by molar-refractivity contribution is 6.37. The highest BCUT2D eigenvalue weighted by Gasteiger charge is 2.42. The van der Waals surface area contributed by atoms with Crippen LogP contribution in [0, 0.1) is 0 Å². The summed E-state index contributed by atoms with van der Waals surface area (Å²) < 4.78 is 12.5. The van der Waals surface area contributed by atoms with Crippen molar-refractivity contribution >= 4 is 34.4 Å². The van der Waals surface area contributed by atoms with Crippen LogP contribution in [0.4, 0.5) is 0 Å². The van der Waals surface area contributed by atoms with E-state index >= 15 is 0 Å². The number of methoxy groups -OCH3 is 1. The Kier molecular flexibility index (Phi) is 6.84. The summed E-state index contributed by atoms with van der Waals surface area (Å²) in [4.78, 5) is 25.0. The lowest BCUT2D eigenvalue weighted by atomic mass is 9.85. The van der Waals surface area contributed by atoms with Crippen molar-refractivity contribution in [3.63, 3.8) is 0 Å². The Morgan fingerprint density at radius 1 is 1.24 bits per heavy atom. The second kappa shape index (κ2) is 9.66. The number of carboxylic acids is 1. The van der Waals surface area contributed by atoms with E-state index in [4.69, 9.17) is 26.2 Å². The lowest BCUT2D eigenvalue weighted by Crippen LogP contribution is -2.59. The Hall–Kier alpha value is -3.07. The van der Waals surface area contributed by atoms with E-state index in [-0.39, 0.29) is 12.5 Å². The molecule has 0 aliphatic carbocycles. The summed E-state index contributed by atoms with van der Waals surface area (Å²) in [5.41, 5.74) is 2.03. The summed E-state index contributed by atoms with van der Waals surface area (Å²) >= 11 is 6.45. The number of aliphatic hydroxyl groups excluding tert-OH is 1. The number of rotatable bonds is 9. The first-order valence-corrected chi connectivity index (χ1v) is 11.4. The number of hydrogen-bond donors (Lipinski definition) is 3. The lowest BCUT2D eigenvalue weighted by Gasteiger charge is -2.42. The van der Waals surface area contributed by atoms with Gasteiger partial charge in [0.05, 0.1) is 36.8 Å². The molecule has 34 heavy (non-hydrogen) atoms. The van der Waals surface area contributed by atoms with Gasteiger partial charge in [0.25, 0.3) is 5.91 Å². The third kappa shape index (κ3) is 4.24. The SMILES string of the molecule is COc1ccc2c(cc(C(=O)NC3(c4ccc(C(CCCO)C(=O)O)cc4)COC3)n2C)c1Cl. The number of nitrogens with one attached hydrogen (secondary N) is 1.